The molecule has 0 aliphatic carbocycles. The number of benzene rings is 1. The SMILES string of the molecule is COCO[C@H](C[C@H]1COC(C)(C)O1)C(=O)Nc1ccc(OC)cc1. The van der Waals surface area contributed by atoms with Gasteiger partial charge in [-0.05, 0) is 38.1 Å². The molecule has 1 aliphatic heterocycles. The molecule has 7 nitrogen and oxygen atoms in total. The van der Waals surface area contributed by atoms with Gasteiger partial charge in [-0.15, -0.1) is 0 Å². The van der Waals surface area contributed by atoms with Gasteiger partial charge in [0.15, 0.2) is 5.79 Å². The Morgan fingerprint density at radius 1 is 1.33 bits per heavy atom. The number of rotatable bonds is 8. The number of hydrogen-bond acceptors (Lipinski definition) is 6. The highest BCUT2D eigenvalue weighted by molar-refractivity contribution is 5.94. The number of anilines is 1. The van der Waals surface area contributed by atoms with Crippen molar-refractivity contribution in [3.8, 4) is 5.75 Å². The van der Waals surface area contributed by atoms with E-state index in [4.69, 9.17) is 23.7 Å². The van der Waals surface area contributed by atoms with Crippen LogP contribution in [0.15, 0.2) is 24.3 Å². The lowest BCUT2D eigenvalue weighted by molar-refractivity contribution is -0.153. The summed E-state index contributed by atoms with van der Waals surface area (Å²) in [4.78, 5) is 12.5. The Bertz CT molecular complexity index is 530. The van der Waals surface area contributed by atoms with Crippen LogP contribution in [0.1, 0.15) is 20.3 Å². The normalized spacial score (nSPS) is 20.6. The van der Waals surface area contributed by atoms with Crippen molar-refractivity contribution in [1.82, 2.24) is 0 Å². The Hall–Kier alpha value is -1.67. The minimum absolute atomic E-state index is 0.0255. The zero-order valence-corrected chi connectivity index (χ0v) is 14.5. The van der Waals surface area contributed by atoms with E-state index in [0.717, 1.165) is 5.75 Å². The van der Waals surface area contributed by atoms with E-state index < -0.39 is 11.9 Å². The van der Waals surface area contributed by atoms with Crippen molar-refractivity contribution in [2.45, 2.75) is 38.3 Å². The van der Waals surface area contributed by atoms with Gasteiger partial charge in [-0.2, -0.15) is 0 Å². The summed E-state index contributed by atoms with van der Waals surface area (Å²) in [5.74, 6) is -0.174. The van der Waals surface area contributed by atoms with Crippen molar-refractivity contribution in [3.63, 3.8) is 0 Å². The summed E-state index contributed by atoms with van der Waals surface area (Å²) < 4.78 is 26.8. The van der Waals surface area contributed by atoms with Crippen molar-refractivity contribution < 1.29 is 28.5 Å². The maximum absolute atomic E-state index is 12.5. The van der Waals surface area contributed by atoms with Crippen LogP contribution in [0.3, 0.4) is 0 Å². The van der Waals surface area contributed by atoms with E-state index in [9.17, 15) is 4.79 Å². The summed E-state index contributed by atoms with van der Waals surface area (Å²) >= 11 is 0. The maximum atomic E-state index is 12.5. The van der Waals surface area contributed by atoms with Crippen molar-refractivity contribution in [2.75, 3.05) is 32.9 Å². The highest BCUT2D eigenvalue weighted by Crippen LogP contribution is 2.26. The Labute approximate surface area is 142 Å². The van der Waals surface area contributed by atoms with E-state index in [2.05, 4.69) is 5.32 Å². The number of carbonyl (C=O) groups is 1. The lowest BCUT2D eigenvalue weighted by Crippen LogP contribution is -2.35. The van der Waals surface area contributed by atoms with Crippen LogP contribution in [0.2, 0.25) is 0 Å². The first-order chi connectivity index (χ1) is 11.4. The topological polar surface area (TPSA) is 75.2 Å². The molecule has 0 spiro atoms. The number of ether oxygens (including phenoxy) is 5. The predicted molar refractivity (Wildman–Crippen MR) is 87.9 cm³/mol. The van der Waals surface area contributed by atoms with Crippen LogP contribution in [-0.4, -0.2) is 51.5 Å². The molecule has 0 radical (unpaired) electrons. The van der Waals surface area contributed by atoms with E-state index in [-0.39, 0.29) is 18.8 Å². The van der Waals surface area contributed by atoms with Crippen LogP contribution in [0.4, 0.5) is 5.69 Å². The van der Waals surface area contributed by atoms with Crippen LogP contribution < -0.4 is 10.1 Å². The van der Waals surface area contributed by atoms with Crippen LogP contribution in [0, 0.1) is 0 Å². The molecule has 1 aromatic rings. The highest BCUT2D eigenvalue weighted by atomic mass is 16.7. The number of hydrogen-bond donors (Lipinski definition) is 1. The molecule has 2 atom stereocenters. The van der Waals surface area contributed by atoms with Gasteiger partial charge in [-0.25, -0.2) is 0 Å². The summed E-state index contributed by atoms with van der Waals surface area (Å²) in [6, 6.07) is 7.08. The van der Waals surface area contributed by atoms with Crippen LogP contribution in [0.25, 0.3) is 0 Å². The largest absolute Gasteiger partial charge is 0.497 e. The smallest absolute Gasteiger partial charge is 0.253 e. The Balaban J connectivity index is 1.96. The van der Waals surface area contributed by atoms with Gasteiger partial charge in [-0.1, -0.05) is 0 Å². The number of nitrogens with one attached hydrogen (secondary N) is 1. The molecular weight excluding hydrogens is 314 g/mol. The summed E-state index contributed by atoms with van der Waals surface area (Å²) in [5, 5.41) is 2.83. The van der Waals surface area contributed by atoms with Gasteiger partial charge in [0, 0.05) is 19.2 Å². The Morgan fingerprint density at radius 2 is 2.04 bits per heavy atom. The quantitative estimate of drug-likeness (QED) is 0.732. The van der Waals surface area contributed by atoms with Crippen molar-refractivity contribution in [1.29, 1.82) is 0 Å². The molecule has 24 heavy (non-hydrogen) atoms. The third-order valence-electron chi connectivity index (χ3n) is 3.58. The molecule has 0 bridgehead atoms. The molecule has 1 aromatic carbocycles. The summed E-state index contributed by atoms with van der Waals surface area (Å²) in [6.45, 7) is 4.14. The van der Waals surface area contributed by atoms with Gasteiger partial charge in [-0.3, -0.25) is 4.79 Å². The fraction of sp³-hybridized carbons (Fsp3) is 0.588. The molecule has 0 unspecified atom stereocenters. The molecule has 134 valence electrons. The Kier molecular flexibility index (Phi) is 6.56. The molecule has 2 rings (SSSR count). The second-order valence-corrected chi connectivity index (χ2v) is 5.97. The van der Waals surface area contributed by atoms with Gasteiger partial charge in [0.1, 0.15) is 18.6 Å². The van der Waals surface area contributed by atoms with E-state index in [1.807, 2.05) is 13.8 Å². The average Bonchev–Trinajstić information content (AvgIpc) is 2.90. The molecule has 1 amide bonds. The predicted octanol–water partition coefficient (Wildman–Crippen LogP) is 2.16. The minimum Gasteiger partial charge on any atom is -0.497 e. The molecular formula is C17H25NO6. The monoisotopic (exact) mass is 339 g/mol. The van der Waals surface area contributed by atoms with Gasteiger partial charge in [0.25, 0.3) is 5.91 Å². The number of amides is 1. The molecule has 0 saturated carbocycles. The first-order valence-electron chi connectivity index (χ1n) is 7.81. The van der Waals surface area contributed by atoms with E-state index >= 15 is 0 Å². The van der Waals surface area contributed by atoms with Gasteiger partial charge in [0.2, 0.25) is 0 Å². The van der Waals surface area contributed by atoms with Gasteiger partial charge < -0.3 is 29.0 Å². The first-order valence-corrected chi connectivity index (χ1v) is 7.81. The van der Waals surface area contributed by atoms with Crippen LogP contribution in [-0.2, 0) is 23.7 Å². The molecule has 7 heteroatoms. The molecule has 1 fully saturated rings. The van der Waals surface area contributed by atoms with E-state index in [0.29, 0.717) is 18.7 Å². The number of methoxy groups -OCH3 is 2. The number of carbonyl (C=O) groups excluding carboxylic acids is 1. The second kappa shape index (κ2) is 8.43. The van der Waals surface area contributed by atoms with E-state index in [1.54, 1.807) is 31.4 Å². The molecule has 1 heterocycles. The summed E-state index contributed by atoms with van der Waals surface area (Å²) in [7, 11) is 3.10. The lowest BCUT2D eigenvalue weighted by Gasteiger charge is -2.21. The van der Waals surface area contributed by atoms with E-state index in [1.165, 1.54) is 7.11 Å². The zero-order valence-electron chi connectivity index (χ0n) is 14.5. The fourth-order valence-electron chi connectivity index (χ4n) is 2.42. The Morgan fingerprint density at radius 3 is 2.58 bits per heavy atom. The van der Waals surface area contributed by atoms with Crippen LogP contribution in [0.5, 0.6) is 5.75 Å². The fourth-order valence-corrected chi connectivity index (χ4v) is 2.42. The maximum Gasteiger partial charge on any atom is 0.253 e. The van der Waals surface area contributed by atoms with Crippen molar-refractivity contribution in [2.24, 2.45) is 0 Å². The lowest BCUT2D eigenvalue weighted by atomic mass is 10.1. The van der Waals surface area contributed by atoms with Gasteiger partial charge in [0.05, 0.1) is 19.8 Å². The third-order valence-corrected chi connectivity index (χ3v) is 3.58. The molecule has 1 aliphatic rings. The molecule has 1 N–H and O–H groups in total. The summed E-state index contributed by atoms with van der Waals surface area (Å²) in [5.41, 5.74) is 0.663. The van der Waals surface area contributed by atoms with Gasteiger partial charge >= 0.3 is 0 Å². The standard InChI is InChI=1S/C17H25NO6/c1-17(2)23-10-14(24-17)9-15(22-11-20-3)16(19)18-12-5-7-13(21-4)8-6-12/h5-8,14-15H,9-11H2,1-4H3,(H,18,19)/t14-,15+/m0/s1. The first kappa shape index (κ1) is 18.7. The van der Waals surface area contributed by atoms with Crippen molar-refractivity contribution in [3.05, 3.63) is 24.3 Å². The zero-order chi connectivity index (χ0) is 17.6. The summed E-state index contributed by atoms with van der Waals surface area (Å²) in [6.07, 6.45) is -0.521. The third kappa shape index (κ3) is 5.45. The molecule has 0 aromatic heterocycles. The second-order valence-electron chi connectivity index (χ2n) is 5.97. The minimum atomic E-state index is -0.699. The highest BCUT2D eigenvalue weighted by Gasteiger charge is 2.35. The van der Waals surface area contributed by atoms with Crippen LogP contribution >= 0.6 is 0 Å². The molecule has 1 saturated heterocycles. The average molecular weight is 339 g/mol. The van der Waals surface area contributed by atoms with Crippen molar-refractivity contribution >= 4 is 11.6 Å².